The highest BCUT2D eigenvalue weighted by atomic mass is 32.1. The van der Waals surface area contributed by atoms with Gasteiger partial charge < -0.3 is 20.9 Å². The molecule has 2 aromatic carbocycles. The molecule has 1 aliphatic rings. The number of nitrogens with zero attached hydrogens (tertiary/aromatic N) is 3. The Morgan fingerprint density at radius 3 is 2.50 bits per heavy atom. The fourth-order valence-corrected chi connectivity index (χ4v) is 4.19. The van der Waals surface area contributed by atoms with Crippen molar-refractivity contribution in [1.82, 2.24) is 15.3 Å². The van der Waals surface area contributed by atoms with Gasteiger partial charge in [-0.25, -0.2) is 4.98 Å². The fourth-order valence-electron chi connectivity index (χ4n) is 3.91. The monoisotopic (exact) mass is 420 g/mol. The number of aromatic nitrogens is 2. The summed E-state index contributed by atoms with van der Waals surface area (Å²) in [4.78, 5) is 10.9. The van der Waals surface area contributed by atoms with Crippen LogP contribution in [0, 0.1) is 0 Å². The molecule has 0 spiro atoms. The third kappa shape index (κ3) is 4.97. The first kappa shape index (κ1) is 20.3. The van der Waals surface area contributed by atoms with Crippen molar-refractivity contribution in [2.75, 3.05) is 29.6 Å². The van der Waals surface area contributed by atoms with Crippen molar-refractivity contribution in [3.05, 3.63) is 54.7 Å². The van der Waals surface area contributed by atoms with Crippen LogP contribution in [0.15, 0.2) is 54.7 Å². The number of rotatable bonds is 5. The van der Waals surface area contributed by atoms with E-state index in [1.54, 1.807) is 6.20 Å². The standard InChI is InChI=1S/C23H28N6S/c1-29(2)21-14-15-24-22(28-21)25-17-10-12-18(13-11-17)26-23(30)27-20-9-5-7-16-6-3-4-8-19(16)20/h3-9,14-15,17-18H,10-13H2,1-2H3,(H,24,25,28)(H2,26,27,30). The van der Waals surface area contributed by atoms with E-state index in [4.69, 9.17) is 12.2 Å². The van der Waals surface area contributed by atoms with Gasteiger partial charge in [0.25, 0.3) is 0 Å². The fraction of sp³-hybridized carbons (Fsp3) is 0.348. The highest BCUT2D eigenvalue weighted by Crippen LogP contribution is 2.24. The minimum atomic E-state index is 0.382. The van der Waals surface area contributed by atoms with Crippen molar-refractivity contribution in [3.63, 3.8) is 0 Å². The van der Waals surface area contributed by atoms with Gasteiger partial charge in [0.05, 0.1) is 0 Å². The molecule has 0 amide bonds. The summed E-state index contributed by atoms with van der Waals surface area (Å²) in [7, 11) is 3.97. The molecule has 0 radical (unpaired) electrons. The maximum Gasteiger partial charge on any atom is 0.224 e. The van der Waals surface area contributed by atoms with E-state index >= 15 is 0 Å². The van der Waals surface area contributed by atoms with E-state index in [0.717, 1.165) is 37.2 Å². The molecule has 1 fully saturated rings. The Morgan fingerprint density at radius 1 is 0.967 bits per heavy atom. The van der Waals surface area contributed by atoms with E-state index in [1.807, 2.05) is 25.1 Å². The topological polar surface area (TPSA) is 65.1 Å². The van der Waals surface area contributed by atoms with Gasteiger partial charge in [-0.05, 0) is 55.4 Å². The lowest BCUT2D eigenvalue weighted by Crippen LogP contribution is -2.42. The Hall–Kier alpha value is -2.93. The molecule has 0 bridgehead atoms. The van der Waals surface area contributed by atoms with Crippen molar-refractivity contribution in [1.29, 1.82) is 0 Å². The summed E-state index contributed by atoms with van der Waals surface area (Å²) in [6, 6.07) is 17.3. The maximum atomic E-state index is 5.59. The number of benzene rings is 2. The van der Waals surface area contributed by atoms with Crippen LogP contribution in [0.25, 0.3) is 10.8 Å². The Bertz CT molecular complexity index is 1010. The molecule has 1 aliphatic carbocycles. The molecular formula is C23H28N6S. The van der Waals surface area contributed by atoms with Crippen LogP contribution in [0.2, 0.25) is 0 Å². The van der Waals surface area contributed by atoms with E-state index < -0.39 is 0 Å². The summed E-state index contributed by atoms with van der Waals surface area (Å²) >= 11 is 5.59. The first-order chi connectivity index (χ1) is 14.6. The SMILES string of the molecule is CN(C)c1ccnc(NC2CCC(NC(=S)Nc3cccc4ccccc34)CC2)n1. The van der Waals surface area contributed by atoms with Crippen molar-refractivity contribution in [2.45, 2.75) is 37.8 Å². The summed E-state index contributed by atoms with van der Waals surface area (Å²) in [6.07, 6.45) is 6.04. The maximum absolute atomic E-state index is 5.59. The van der Waals surface area contributed by atoms with Gasteiger partial charge in [0, 0.05) is 43.4 Å². The average molecular weight is 421 g/mol. The second-order valence-electron chi connectivity index (χ2n) is 7.95. The minimum absolute atomic E-state index is 0.382. The van der Waals surface area contributed by atoms with E-state index in [1.165, 1.54) is 10.8 Å². The molecule has 0 saturated heterocycles. The van der Waals surface area contributed by atoms with E-state index in [2.05, 4.69) is 68.4 Å². The molecule has 7 heteroatoms. The predicted octanol–water partition coefficient (Wildman–Crippen LogP) is 4.41. The van der Waals surface area contributed by atoms with Crippen LogP contribution in [0.5, 0.6) is 0 Å². The van der Waals surface area contributed by atoms with Gasteiger partial charge in [0.2, 0.25) is 5.95 Å². The first-order valence-corrected chi connectivity index (χ1v) is 10.8. The Kier molecular flexibility index (Phi) is 6.28. The van der Waals surface area contributed by atoms with Gasteiger partial charge in [0.1, 0.15) is 5.82 Å². The van der Waals surface area contributed by atoms with Crippen molar-refractivity contribution in [3.8, 4) is 0 Å². The molecular weight excluding hydrogens is 392 g/mol. The van der Waals surface area contributed by atoms with Crippen LogP contribution in [-0.4, -0.2) is 41.3 Å². The lowest BCUT2D eigenvalue weighted by molar-refractivity contribution is 0.387. The molecule has 1 aromatic heterocycles. The molecule has 4 rings (SSSR count). The van der Waals surface area contributed by atoms with E-state index in [0.29, 0.717) is 23.1 Å². The minimum Gasteiger partial charge on any atom is -0.363 e. The molecule has 1 heterocycles. The van der Waals surface area contributed by atoms with Gasteiger partial charge in [-0.2, -0.15) is 4.98 Å². The summed E-state index contributed by atoms with van der Waals surface area (Å²) < 4.78 is 0. The molecule has 6 nitrogen and oxygen atoms in total. The molecule has 3 N–H and O–H groups in total. The second-order valence-corrected chi connectivity index (χ2v) is 8.36. The number of hydrogen-bond acceptors (Lipinski definition) is 5. The number of nitrogens with one attached hydrogen (secondary N) is 3. The Labute approximate surface area is 183 Å². The third-order valence-corrected chi connectivity index (χ3v) is 5.75. The average Bonchev–Trinajstić information content (AvgIpc) is 2.75. The quantitative estimate of drug-likeness (QED) is 0.529. The van der Waals surface area contributed by atoms with Gasteiger partial charge in [-0.1, -0.05) is 36.4 Å². The van der Waals surface area contributed by atoms with Crippen molar-refractivity contribution in [2.24, 2.45) is 0 Å². The van der Waals surface area contributed by atoms with Crippen molar-refractivity contribution >= 4 is 45.6 Å². The highest BCUT2D eigenvalue weighted by molar-refractivity contribution is 7.80. The summed E-state index contributed by atoms with van der Waals surface area (Å²) in [5.74, 6) is 1.61. The second kappa shape index (κ2) is 9.26. The molecule has 0 aliphatic heterocycles. The van der Waals surface area contributed by atoms with Crippen LogP contribution in [0.4, 0.5) is 17.5 Å². The number of fused-ring (bicyclic) bond motifs is 1. The highest BCUT2D eigenvalue weighted by Gasteiger charge is 2.22. The van der Waals surface area contributed by atoms with Crippen LogP contribution in [0.1, 0.15) is 25.7 Å². The molecule has 0 unspecified atom stereocenters. The zero-order chi connectivity index (χ0) is 20.9. The molecule has 30 heavy (non-hydrogen) atoms. The van der Waals surface area contributed by atoms with E-state index in [-0.39, 0.29) is 0 Å². The van der Waals surface area contributed by atoms with Gasteiger partial charge >= 0.3 is 0 Å². The number of hydrogen-bond donors (Lipinski definition) is 3. The Balaban J connectivity index is 1.28. The zero-order valence-corrected chi connectivity index (χ0v) is 18.2. The zero-order valence-electron chi connectivity index (χ0n) is 17.4. The molecule has 156 valence electrons. The molecule has 3 aromatic rings. The van der Waals surface area contributed by atoms with Crippen LogP contribution < -0.4 is 20.9 Å². The summed E-state index contributed by atoms with van der Waals surface area (Å²) in [5.41, 5.74) is 1.04. The normalized spacial score (nSPS) is 18.6. The van der Waals surface area contributed by atoms with Gasteiger partial charge in [0.15, 0.2) is 5.11 Å². The number of thiocarbonyl (C=S) groups is 1. The van der Waals surface area contributed by atoms with Crippen LogP contribution in [-0.2, 0) is 0 Å². The lowest BCUT2D eigenvalue weighted by atomic mass is 9.91. The van der Waals surface area contributed by atoms with E-state index in [9.17, 15) is 0 Å². The van der Waals surface area contributed by atoms with Crippen LogP contribution >= 0.6 is 12.2 Å². The number of anilines is 3. The van der Waals surface area contributed by atoms with Crippen molar-refractivity contribution < 1.29 is 0 Å². The largest absolute Gasteiger partial charge is 0.363 e. The molecule has 0 atom stereocenters. The van der Waals surface area contributed by atoms with Gasteiger partial charge in [-0.3, -0.25) is 0 Å². The lowest BCUT2D eigenvalue weighted by Gasteiger charge is -2.30. The molecule has 1 saturated carbocycles. The summed E-state index contributed by atoms with van der Waals surface area (Å²) in [5, 5.41) is 13.4. The summed E-state index contributed by atoms with van der Waals surface area (Å²) in [6.45, 7) is 0. The first-order valence-electron chi connectivity index (χ1n) is 10.4. The smallest absolute Gasteiger partial charge is 0.224 e. The van der Waals surface area contributed by atoms with Crippen LogP contribution in [0.3, 0.4) is 0 Å². The predicted molar refractivity (Wildman–Crippen MR) is 129 cm³/mol. The third-order valence-electron chi connectivity index (χ3n) is 5.53. The van der Waals surface area contributed by atoms with Gasteiger partial charge in [-0.15, -0.1) is 0 Å². The Morgan fingerprint density at radius 2 is 1.70 bits per heavy atom.